The van der Waals surface area contributed by atoms with Gasteiger partial charge in [-0.1, -0.05) is 244 Å². The van der Waals surface area contributed by atoms with Gasteiger partial charge in [-0.2, -0.15) is 0 Å². The van der Waals surface area contributed by atoms with Crippen LogP contribution < -0.4 is 0 Å². The molecule has 0 fully saturated rings. The van der Waals surface area contributed by atoms with Crippen LogP contribution in [0, 0.1) is 0 Å². The van der Waals surface area contributed by atoms with Crippen LogP contribution in [0.3, 0.4) is 0 Å². The molecule has 0 aliphatic carbocycles. The van der Waals surface area contributed by atoms with Crippen LogP contribution in [0.2, 0.25) is 0 Å². The lowest BCUT2D eigenvalue weighted by Crippen LogP contribution is -2.00. The number of hydrogen-bond acceptors (Lipinski definition) is 0. The predicted octanol–water partition coefficient (Wildman–Crippen LogP) is 16.6. The van der Waals surface area contributed by atoms with Crippen LogP contribution >= 0.6 is 0 Å². The molecule has 0 aliphatic rings. The molecule has 0 saturated carbocycles. The van der Waals surface area contributed by atoms with Gasteiger partial charge in [0.05, 0.1) is 0 Å². The molecule has 1 aromatic rings. The van der Waals surface area contributed by atoms with Crippen molar-refractivity contribution in [2.24, 2.45) is 0 Å². The van der Waals surface area contributed by atoms with Gasteiger partial charge >= 0.3 is 0 Å². The Balaban J connectivity index is 1.96. The molecule has 0 spiro atoms. The first-order valence-corrected chi connectivity index (χ1v) is 21.9. The van der Waals surface area contributed by atoms with Crippen LogP contribution in [0.25, 0.3) is 0 Å². The summed E-state index contributed by atoms with van der Waals surface area (Å²) in [5.41, 5.74) is 5.01. The third kappa shape index (κ3) is 27.2. The molecule has 0 heteroatoms. The number of benzene rings is 1. The maximum Gasteiger partial charge on any atom is -0.0276 e. The van der Waals surface area contributed by atoms with Crippen molar-refractivity contribution in [1.29, 1.82) is 0 Å². The molecule has 0 aliphatic heterocycles. The van der Waals surface area contributed by atoms with Gasteiger partial charge in [-0.25, -0.2) is 0 Å². The van der Waals surface area contributed by atoms with Crippen molar-refractivity contribution in [2.45, 2.75) is 258 Å². The molecule has 0 N–H and O–H groups in total. The van der Waals surface area contributed by atoms with Crippen molar-refractivity contribution in [3.63, 3.8) is 0 Å². The fraction of sp³-hybridized carbons (Fsp3) is 0.870. The zero-order valence-electron chi connectivity index (χ0n) is 32.4. The molecule has 0 bridgehead atoms. The number of aryl methyl sites for hydroxylation is 2. The standard InChI is InChI=1S/C46H86/c1-4-7-9-11-13-15-17-19-21-23-25-27-29-31-33-35-37-40-44-42-39-43-45(46(44)6-3)41-38-36-34-32-30-28-26-24-22-20-18-16-14-12-10-8-5-2/h39,42-43H,4-38,40-41H2,1-3H3. The van der Waals surface area contributed by atoms with Gasteiger partial charge in [0.15, 0.2) is 0 Å². The van der Waals surface area contributed by atoms with E-state index in [9.17, 15) is 0 Å². The Morgan fingerprint density at radius 1 is 0.283 bits per heavy atom. The van der Waals surface area contributed by atoms with Crippen LogP contribution in [0.15, 0.2) is 18.2 Å². The molecule has 0 saturated heterocycles. The average Bonchev–Trinajstić information content (AvgIpc) is 3.07. The Kier molecular flexibility index (Phi) is 33.4. The lowest BCUT2D eigenvalue weighted by Gasteiger charge is -2.14. The fourth-order valence-corrected chi connectivity index (χ4v) is 7.69. The van der Waals surface area contributed by atoms with E-state index in [-0.39, 0.29) is 0 Å². The minimum Gasteiger partial charge on any atom is -0.0654 e. The van der Waals surface area contributed by atoms with E-state index in [1.54, 1.807) is 16.7 Å². The highest BCUT2D eigenvalue weighted by molar-refractivity contribution is 5.35. The fourth-order valence-electron chi connectivity index (χ4n) is 7.69. The summed E-state index contributed by atoms with van der Waals surface area (Å²) in [6.45, 7) is 7.00. The second-order valence-corrected chi connectivity index (χ2v) is 15.2. The van der Waals surface area contributed by atoms with Gasteiger partial charge in [0.1, 0.15) is 0 Å². The maximum absolute atomic E-state index is 2.43. The van der Waals surface area contributed by atoms with Crippen LogP contribution in [-0.2, 0) is 19.3 Å². The summed E-state index contributed by atoms with van der Waals surface area (Å²) >= 11 is 0. The normalized spacial score (nSPS) is 11.5. The smallest absolute Gasteiger partial charge is 0.0276 e. The summed E-state index contributed by atoms with van der Waals surface area (Å²) < 4.78 is 0. The molecule has 1 rings (SSSR count). The van der Waals surface area contributed by atoms with E-state index in [1.807, 2.05) is 0 Å². The quantitative estimate of drug-likeness (QED) is 0.0636. The van der Waals surface area contributed by atoms with Gasteiger partial charge in [-0.05, 0) is 48.8 Å². The Morgan fingerprint density at radius 2 is 0.500 bits per heavy atom. The first-order chi connectivity index (χ1) is 22.8. The first-order valence-electron chi connectivity index (χ1n) is 21.9. The predicted molar refractivity (Wildman–Crippen MR) is 212 cm³/mol. The summed E-state index contributed by atoms with van der Waals surface area (Å²) in [7, 11) is 0. The summed E-state index contributed by atoms with van der Waals surface area (Å²) in [5.74, 6) is 0. The van der Waals surface area contributed by atoms with Gasteiger partial charge in [-0.15, -0.1) is 0 Å². The molecule has 0 atom stereocenters. The van der Waals surface area contributed by atoms with Crippen LogP contribution in [0.5, 0.6) is 0 Å². The topological polar surface area (TPSA) is 0 Å². The molecular formula is C46H86. The van der Waals surface area contributed by atoms with Gasteiger partial charge in [0, 0.05) is 0 Å². The third-order valence-electron chi connectivity index (χ3n) is 10.8. The molecule has 0 aromatic heterocycles. The van der Waals surface area contributed by atoms with Crippen molar-refractivity contribution in [3.8, 4) is 0 Å². The Morgan fingerprint density at radius 3 is 0.717 bits per heavy atom. The largest absolute Gasteiger partial charge is 0.0654 e. The van der Waals surface area contributed by atoms with E-state index < -0.39 is 0 Å². The van der Waals surface area contributed by atoms with E-state index >= 15 is 0 Å². The zero-order chi connectivity index (χ0) is 33.0. The highest BCUT2D eigenvalue weighted by atomic mass is 14.1. The molecule has 46 heavy (non-hydrogen) atoms. The van der Waals surface area contributed by atoms with Crippen LogP contribution in [-0.4, -0.2) is 0 Å². The van der Waals surface area contributed by atoms with Crippen molar-refractivity contribution in [2.75, 3.05) is 0 Å². The second kappa shape index (κ2) is 35.5. The average molecular weight is 639 g/mol. The van der Waals surface area contributed by atoms with E-state index in [0.29, 0.717) is 0 Å². The molecule has 0 unspecified atom stereocenters. The van der Waals surface area contributed by atoms with Gasteiger partial charge in [0.25, 0.3) is 0 Å². The highest BCUT2D eigenvalue weighted by Gasteiger charge is 2.07. The molecule has 0 amide bonds. The molecule has 1 aromatic carbocycles. The first kappa shape index (κ1) is 43.2. The number of rotatable bonds is 37. The number of hydrogen-bond donors (Lipinski definition) is 0. The molecule has 0 radical (unpaired) electrons. The Labute approximate surface area is 292 Å². The third-order valence-corrected chi connectivity index (χ3v) is 10.8. The van der Waals surface area contributed by atoms with E-state index in [2.05, 4.69) is 39.0 Å². The lowest BCUT2D eigenvalue weighted by atomic mass is 9.92. The van der Waals surface area contributed by atoms with Crippen molar-refractivity contribution in [3.05, 3.63) is 34.9 Å². The highest BCUT2D eigenvalue weighted by Crippen LogP contribution is 2.22. The lowest BCUT2D eigenvalue weighted by molar-refractivity contribution is 0.526. The minimum absolute atomic E-state index is 1.21. The van der Waals surface area contributed by atoms with E-state index in [4.69, 9.17) is 0 Å². The maximum atomic E-state index is 2.43. The van der Waals surface area contributed by atoms with Gasteiger partial charge in [0.2, 0.25) is 0 Å². The molecule has 270 valence electrons. The van der Waals surface area contributed by atoms with Crippen LogP contribution in [0.1, 0.15) is 256 Å². The Hall–Kier alpha value is -0.780. The second-order valence-electron chi connectivity index (χ2n) is 15.2. The summed E-state index contributed by atoms with van der Waals surface area (Å²) in [6.07, 6.45) is 53.3. The monoisotopic (exact) mass is 639 g/mol. The van der Waals surface area contributed by atoms with Crippen molar-refractivity contribution in [1.82, 2.24) is 0 Å². The molecular weight excluding hydrogens is 553 g/mol. The van der Waals surface area contributed by atoms with E-state index in [1.165, 1.54) is 238 Å². The summed E-state index contributed by atoms with van der Waals surface area (Å²) in [5, 5.41) is 0. The summed E-state index contributed by atoms with van der Waals surface area (Å²) in [6, 6.07) is 7.22. The SMILES string of the molecule is CCCCCCCCCCCCCCCCCCCc1cccc(CCCCCCCCCCCCCCCCCCC)c1CC. The van der Waals surface area contributed by atoms with Gasteiger partial charge < -0.3 is 0 Å². The van der Waals surface area contributed by atoms with Crippen LogP contribution in [0.4, 0.5) is 0 Å². The minimum atomic E-state index is 1.21. The van der Waals surface area contributed by atoms with Crippen molar-refractivity contribution < 1.29 is 0 Å². The number of unbranched alkanes of at least 4 members (excludes halogenated alkanes) is 32. The molecule has 0 heterocycles. The van der Waals surface area contributed by atoms with Gasteiger partial charge in [-0.3, -0.25) is 0 Å². The van der Waals surface area contributed by atoms with Crippen molar-refractivity contribution >= 4 is 0 Å². The Bertz CT molecular complexity index is 660. The zero-order valence-corrected chi connectivity index (χ0v) is 32.4. The molecule has 0 nitrogen and oxygen atoms in total. The van der Waals surface area contributed by atoms with E-state index in [0.717, 1.165) is 0 Å². The summed E-state index contributed by atoms with van der Waals surface area (Å²) in [4.78, 5) is 0.